The van der Waals surface area contributed by atoms with E-state index in [0.29, 0.717) is 10.7 Å². The molecule has 0 atom stereocenters. The zero-order valence-electron chi connectivity index (χ0n) is 15.6. The summed E-state index contributed by atoms with van der Waals surface area (Å²) in [6.45, 7) is 2.07. The van der Waals surface area contributed by atoms with Crippen LogP contribution in [0.15, 0.2) is 58.9 Å². The summed E-state index contributed by atoms with van der Waals surface area (Å²) < 4.78 is 0.797. The first kappa shape index (κ1) is 20.2. The Morgan fingerprint density at radius 2 is 1.71 bits per heavy atom. The first-order valence-electron chi connectivity index (χ1n) is 9.06. The van der Waals surface area contributed by atoms with Crippen molar-refractivity contribution in [2.24, 2.45) is 0 Å². The third kappa shape index (κ3) is 6.00. The second-order valence-electron chi connectivity index (χ2n) is 6.17. The third-order valence-corrected chi connectivity index (χ3v) is 6.16. The maximum atomic E-state index is 12.2. The van der Waals surface area contributed by atoms with Gasteiger partial charge in [-0.05, 0) is 17.5 Å². The fourth-order valence-electron chi connectivity index (χ4n) is 2.52. The highest BCUT2D eigenvalue weighted by molar-refractivity contribution is 8.00. The summed E-state index contributed by atoms with van der Waals surface area (Å²) in [7, 11) is 0. The second-order valence-corrected chi connectivity index (χ2v) is 8.37. The molecule has 0 saturated carbocycles. The lowest BCUT2D eigenvalue weighted by molar-refractivity contribution is -0.116. The number of rotatable bonds is 9. The van der Waals surface area contributed by atoms with Crippen molar-refractivity contribution in [1.82, 2.24) is 10.2 Å². The van der Waals surface area contributed by atoms with E-state index in [9.17, 15) is 9.59 Å². The highest BCUT2D eigenvalue weighted by atomic mass is 32.2. The van der Waals surface area contributed by atoms with E-state index in [4.69, 9.17) is 0 Å². The number of carbonyl (C=O) groups excluding carboxylic acids is 2. The van der Waals surface area contributed by atoms with Crippen LogP contribution in [0.5, 0.6) is 0 Å². The van der Waals surface area contributed by atoms with Crippen molar-refractivity contribution in [1.29, 1.82) is 0 Å². The fourth-order valence-corrected chi connectivity index (χ4v) is 4.24. The van der Waals surface area contributed by atoms with Crippen molar-refractivity contribution >= 4 is 39.9 Å². The number of aryl methyl sites for hydroxylation is 1. The number of nitrogens with one attached hydrogen (secondary N) is 1. The summed E-state index contributed by atoms with van der Waals surface area (Å²) in [5, 5.41) is 11.3. The number of carbonyl (C=O) groups is 2. The highest BCUT2D eigenvalue weighted by Crippen LogP contribution is 2.28. The van der Waals surface area contributed by atoms with E-state index < -0.39 is 0 Å². The van der Waals surface area contributed by atoms with Gasteiger partial charge in [-0.1, -0.05) is 84.6 Å². The maximum Gasteiger partial charge on any atom is 0.226 e. The Morgan fingerprint density at radius 1 is 0.964 bits per heavy atom. The summed E-state index contributed by atoms with van der Waals surface area (Å²) in [6.07, 6.45) is 1.23. The number of thioether (sulfide) groups is 1. The van der Waals surface area contributed by atoms with E-state index in [1.165, 1.54) is 22.5 Å². The average molecular weight is 412 g/mol. The molecule has 0 aliphatic rings. The van der Waals surface area contributed by atoms with Crippen molar-refractivity contribution in [3.63, 3.8) is 0 Å². The third-order valence-electron chi connectivity index (χ3n) is 4.12. The molecule has 0 radical (unpaired) electrons. The lowest BCUT2D eigenvalue weighted by Gasteiger charge is -2.03. The lowest BCUT2D eigenvalue weighted by atomic mass is 10.0. The second kappa shape index (κ2) is 10.1. The van der Waals surface area contributed by atoms with E-state index in [0.717, 1.165) is 16.5 Å². The minimum Gasteiger partial charge on any atom is -0.300 e. The van der Waals surface area contributed by atoms with Crippen LogP contribution in [0.4, 0.5) is 5.13 Å². The van der Waals surface area contributed by atoms with Gasteiger partial charge in [0, 0.05) is 24.2 Å². The number of ketones is 1. The van der Waals surface area contributed by atoms with Crippen LogP contribution < -0.4 is 5.32 Å². The first-order chi connectivity index (χ1) is 13.6. The van der Waals surface area contributed by atoms with Crippen LogP contribution in [-0.2, 0) is 17.0 Å². The number of benzene rings is 2. The SMILES string of the molecule is CCc1ccc(C(=O)CCC(=O)Nc2nnc(SCc3ccccc3)s2)cc1. The van der Waals surface area contributed by atoms with Crippen molar-refractivity contribution in [2.75, 3.05) is 5.32 Å². The zero-order valence-corrected chi connectivity index (χ0v) is 17.2. The van der Waals surface area contributed by atoms with Crippen LogP contribution in [0.25, 0.3) is 0 Å². The number of nitrogens with zero attached hydrogens (tertiary/aromatic N) is 2. The normalized spacial score (nSPS) is 10.6. The monoisotopic (exact) mass is 411 g/mol. The average Bonchev–Trinajstić information content (AvgIpc) is 3.18. The van der Waals surface area contributed by atoms with Gasteiger partial charge in [0.05, 0.1) is 0 Å². The number of aromatic nitrogens is 2. The van der Waals surface area contributed by atoms with E-state index in [2.05, 4.69) is 34.6 Å². The van der Waals surface area contributed by atoms with Crippen molar-refractivity contribution in [3.05, 3.63) is 71.3 Å². The van der Waals surface area contributed by atoms with Crippen LogP contribution in [-0.4, -0.2) is 21.9 Å². The molecule has 0 bridgehead atoms. The van der Waals surface area contributed by atoms with Crippen molar-refractivity contribution < 1.29 is 9.59 Å². The number of hydrogen-bond donors (Lipinski definition) is 1. The topological polar surface area (TPSA) is 72.0 Å². The summed E-state index contributed by atoms with van der Waals surface area (Å²) in [5.74, 6) is 0.540. The molecule has 3 rings (SSSR count). The molecule has 0 spiro atoms. The van der Waals surface area contributed by atoms with Crippen LogP contribution in [0.3, 0.4) is 0 Å². The molecule has 1 N–H and O–H groups in total. The predicted molar refractivity (Wildman–Crippen MR) is 114 cm³/mol. The van der Waals surface area contributed by atoms with Gasteiger partial charge in [0.1, 0.15) is 0 Å². The Kier molecular flexibility index (Phi) is 7.33. The number of amides is 1. The Labute approximate surface area is 172 Å². The molecule has 7 heteroatoms. The van der Waals surface area contributed by atoms with Gasteiger partial charge in [-0.2, -0.15) is 0 Å². The van der Waals surface area contributed by atoms with Crippen molar-refractivity contribution in [3.8, 4) is 0 Å². The Bertz CT molecular complexity index is 924. The Hall–Kier alpha value is -2.51. The lowest BCUT2D eigenvalue weighted by Crippen LogP contribution is -2.13. The molecule has 1 amide bonds. The molecular weight excluding hydrogens is 390 g/mol. The standard InChI is InChI=1S/C21H21N3O2S2/c1-2-15-8-10-17(11-9-15)18(25)12-13-19(26)22-20-23-24-21(28-20)27-14-16-6-4-3-5-7-16/h3-11H,2,12-14H2,1H3,(H,22,23,26). The van der Waals surface area contributed by atoms with Crippen LogP contribution in [0.1, 0.15) is 41.3 Å². The van der Waals surface area contributed by atoms with Gasteiger partial charge in [0.25, 0.3) is 0 Å². The minimum atomic E-state index is -0.228. The fraction of sp³-hybridized carbons (Fsp3) is 0.238. The quantitative estimate of drug-likeness (QED) is 0.305. The smallest absolute Gasteiger partial charge is 0.226 e. The van der Waals surface area contributed by atoms with Gasteiger partial charge in [-0.25, -0.2) is 0 Å². The van der Waals surface area contributed by atoms with Gasteiger partial charge in [-0.3, -0.25) is 9.59 Å². The molecule has 0 aliphatic heterocycles. The molecule has 144 valence electrons. The van der Waals surface area contributed by atoms with Gasteiger partial charge >= 0.3 is 0 Å². The van der Waals surface area contributed by atoms with Gasteiger partial charge < -0.3 is 5.32 Å². The molecule has 0 saturated heterocycles. The molecule has 3 aromatic rings. The number of Topliss-reactive ketones (excluding diaryl/α,β-unsaturated/α-hetero) is 1. The Morgan fingerprint density at radius 3 is 2.43 bits per heavy atom. The summed E-state index contributed by atoms with van der Waals surface area (Å²) in [6, 6.07) is 17.6. The molecule has 0 unspecified atom stereocenters. The molecule has 1 heterocycles. The van der Waals surface area contributed by atoms with E-state index in [1.54, 1.807) is 11.8 Å². The molecule has 2 aromatic carbocycles. The first-order valence-corrected chi connectivity index (χ1v) is 10.9. The van der Waals surface area contributed by atoms with Gasteiger partial charge in [0.15, 0.2) is 10.1 Å². The minimum absolute atomic E-state index is 0.0332. The highest BCUT2D eigenvalue weighted by Gasteiger charge is 2.12. The van der Waals surface area contributed by atoms with Gasteiger partial charge in [-0.15, -0.1) is 10.2 Å². The zero-order chi connectivity index (χ0) is 19.8. The molecule has 0 aliphatic carbocycles. The van der Waals surface area contributed by atoms with Crippen LogP contribution >= 0.6 is 23.1 Å². The van der Waals surface area contributed by atoms with Crippen LogP contribution in [0, 0.1) is 0 Å². The molecule has 5 nitrogen and oxygen atoms in total. The summed E-state index contributed by atoms with van der Waals surface area (Å²) in [5.41, 5.74) is 3.03. The Balaban J connectivity index is 1.44. The predicted octanol–water partition coefficient (Wildman–Crippen LogP) is 4.99. The van der Waals surface area contributed by atoms with E-state index in [1.807, 2.05) is 42.5 Å². The summed E-state index contributed by atoms with van der Waals surface area (Å²) >= 11 is 2.92. The van der Waals surface area contributed by atoms with Crippen molar-refractivity contribution in [2.45, 2.75) is 36.3 Å². The maximum absolute atomic E-state index is 12.2. The molecular formula is C21H21N3O2S2. The molecule has 0 fully saturated rings. The van der Waals surface area contributed by atoms with E-state index >= 15 is 0 Å². The molecule has 28 heavy (non-hydrogen) atoms. The van der Waals surface area contributed by atoms with Crippen LogP contribution in [0.2, 0.25) is 0 Å². The summed E-state index contributed by atoms with van der Waals surface area (Å²) in [4.78, 5) is 24.3. The number of anilines is 1. The molecule has 1 aromatic heterocycles. The van der Waals surface area contributed by atoms with Gasteiger partial charge in [0.2, 0.25) is 11.0 Å². The largest absolute Gasteiger partial charge is 0.300 e. The number of hydrogen-bond acceptors (Lipinski definition) is 6. The van der Waals surface area contributed by atoms with E-state index in [-0.39, 0.29) is 24.5 Å².